The second-order valence-corrected chi connectivity index (χ2v) is 6.20. The van der Waals surface area contributed by atoms with Gasteiger partial charge in [-0.05, 0) is 32.8 Å². The van der Waals surface area contributed by atoms with E-state index in [0.717, 1.165) is 5.56 Å². The van der Waals surface area contributed by atoms with Crippen molar-refractivity contribution < 1.29 is 29.0 Å². The smallest absolute Gasteiger partial charge is 0.408 e. The average Bonchev–Trinajstić information content (AvgIpc) is 2.48. The summed E-state index contributed by atoms with van der Waals surface area (Å²) in [5.41, 5.74) is 0.0732. The standard InChI is InChI=1S/C17H23NO6/c1-17(2,3)24-16(22)18-13(15(20)21)9-10-14(19)23-11-12-7-5-4-6-8-12/h4-8,13H,9-11H2,1-3H3,(H,18,22)(H,20,21)/p-1/t13-/m0/s1. The zero-order valence-corrected chi connectivity index (χ0v) is 14.0. The van der Waals surface area contributed by atoms with Crippen molar-refractivity contribution in [2.24, 2.45) is 0 Å². The minimum atomic E-state index is -1.49. The zero-order valence-electron chi connectivity index (χ0n) is 14.0. The van der Waals surface area contributed by atoms with Crippen molar-refractivity contribution >= 4 is 18.0 Å². The molecule has 24 heavy (non-hydrogen) atoms. The number of carboxylic acid groups (broad SMARTS) is 1. The predicted molar refractivity (Wildman–Crippen MR) is 83.6 cm³/mol. The Bertz CT molecular complexity index is 564. The molecular formula is C17H22NO6-. The first-order chi connectivity index (χ1) is 11.2. The molecule has 1 aromatic carbocycles. The number of hydrogen-bond donors (Lipinski definition) is 1. The highest BCUT2D eigenvalue weighted by molar-refractivity contribution is 5.79. The van der Waals surface area contributed by atoms with Gasteiger partial charge in [-0.2, -0.15) is 0 Å². The molecule has 0 saturated heterocycles. The lowest BCUT2D eigenvalue weighted by Crippen LogP contribution is -2.49. The minimum absolute atomic E-state index is 0.106. The van der Waals surface area contributed by atoms with E-state index >= 15 is 0 Å². The SMILES string of the molecule is CC(C)(C)OC(=O)N[C@@H](CCC(=O)OCc1ccccc1)C(=O)[O-]. The molecule has 0 heterocycles. The number of rotatable bonds is 7. The van der Waals surface area contributed by atoms with Crippen LogP contribution in [0.1, 0.15) is 39.2 Å². The number of aliphatic carboxylic acids is 1. The molecule has 0 bridgehead atoms. The van der Waals surface area contributed by atoms with Gasteiger partial charge in [-0.25, -0.2) is 4.79 Å². The van der Waals surface area contributed by atoms with Crippen molar-refractivity contribution in [3.05, 3.63) is 35.9 Å². The Morgan fingerprint density at radius 2 is 1.79 bits per heavy atom. The maximum atomic E-state index is 11.7. The lowest BCUT2D eigenvalue weighted by atomic mass is 10.1. The summed E-state index contributed by atoms with van der Waals surface area (Å²) in [7, 11) is 0. The van der Waals surface area contributed by atoms with E-state index in [1.807, 2.05) is 18.2 Å². The van der Waals surface area contributed by atoms with Crippen molar-refractivity contribution in [3.63, 3.8) is 0 Å². The monoisotopic (exact) mass is 336 g/mol. The zero-order chi connectivity index (χ0) is 18.2. The number of carbonyl (C=O) groups excluding carboxylic acids is 3. The van der Waals surface area contributed by atoms with Crippen molar-refractivity contribution in [2.75, 3.05) is 0 Å². The lowest BCUT2D eigenvalue weighted by Gasteiger charge is -2.24. The van der Waals surface area contributed by atoms with Crippen LogP contribution in [0.4, 0.5) is 4.79 Å². The molecule has 0 aliphatic heterocycles. The molecule has 0 fully saturated rings. The van der Waals surface area contributed by atoms with E-state index in [1.54, 1.807) is 32.9 Å². The highest BCUT2D eigenvalue weighted by Gasteiger charge is 2.21. The molecule has 0 aliphatic rings. The number of amides is 1. The Kier molecular flexibility index (Phi) is 7.23. The average molecular weight is 336 g/mol. The molecule has 1 amide bonds. The van der Waals surface area contributed by atoms with E-state index in [9.17, 15) is 19.5 Å². The van der Waals surface area contributed by atoms with Crippen molar-refractivity contribution in [3.8, 4) is 0 Å². The van der Waals surface area contributed by atoms with Crippen LogP contribution < -0.4 is 10.4 Å². The fourth-order valence-electron chi connectivity index (χ4n) is 1.77. The van der Waals surface area contributed by atoms with Gasteiger partial charge in [0.15, 0.2) is 0 Å². The molecule has 1 aromatic rings. The maximum absolute atomic E-state index is 11.7. The third-order valence-electron chi connectivity index (χ3n) is 2.86. The summed E-state index contributed by atoms with van der Waals surface area (Å²) in [6.07, 6.45) is -1.19. The van der Waals surface area contributed by atoms with Gasteiger partial charge in [-0.15, -0.1) is 0 Å². The van der Waals surface area contributed by atoms with Gasteiger partial charge >= 0.3 is 12.1 Å². The molecule has 1 atom stereocenters. The molecular weight excluding hydrogens is 314 g/mol. The van der Waals surface area contributed by atoms with E-state index in [0.29, 0.717) is 0 Å². The first-order valence-electron chi connectivity index (χ1n) is 7.57. The number of benzene rings is 1. The fourth-order valence-corrected chi connectivity index (χ4v) is 1.77. The van der Waals surface area contributed by atoms with Crippen LogP contribution in [0.3, 0.4) is 0 Å². The summed E-state index contributed by atoms with van der Waals surface area (Å²) in [5.74, 6) is -2.05. The van der Waals surface area contributed by atoms with Crippen LogP contribution in [0, 0.1) is 0 Å². The first-order valence-corrected chi connectivity index (χ1v) is 7.57. The Morgan fingerprint density at radius 1 is 1.17 bits per heavy atom. The van der Waals surface area contributed by atoms with E-state index in [1.165, 1.54) is 0 Å². The Morgan fingerprint density at radius 3 is 2.33 bits per heavy atom. The maximum Gasteiger partial charge on any atom is 0.408 e. The summed E-state index contributed by atoms with van der Waals surface area (Å²) in [6.45, 7) is 5.07. The summed E-state index contributed by atoms with van der Waals surface area (Å²) < 4.78 is 10.0. The molecule has 1 N–H and O–H groups in total. The molecule has 132 valence electrons. The molecule has 7 nitrogen and oxygen atoms in total. The largest absolute Gasteiger partial charge is 0.548 e. The van der Waals surface area contributed by atoms with Crippen molar-refractivity contribution in [2.45, 2.75) is 51.9 Å². The van der Waals surface area contributed by atoms with E-state index in [4.69, 9.17) is 9.47 Å². The minimum Gasteiger partial charge on any atom is -0.548 e. The molecule has 0 saturated carbocycles. The third-order valence-corrected chi connectivity index (χ3v) is 2.86. The summed E-state index contributed by atoms with van der Waals surface area (Å²) in [4.78, 5) is 34.3. The van der Waals surface area contributed by atoms with Crippen LogP contribution in [0.5, 0.6) is 0 Å². The van der Waals surface area contributed by atoms with Gasteiger partial charge in [0.2, 0.25) is 0 Å². The first kappa shape index (κ1) is 19.5. The highest BCUT2D eigenvalue weighted by atomic mass is 16.6. The molecule has 0 aromatic heterocycles. The number of carboxylic acids is 1. The van der Waals surface area contributed by atoms with Gasteiger partial charge in [0.05, 0.1) is 12.0 Å². The van der Waals surface area contributed by atoms with Crippen LogP contribution in [0.25, 0.3) is 0 Å². The molecule has 7 heteroatoms. The topological polar surface area (TPSA) is 105 Å². The van der Waals surface area contributed by atoms with Gasteiger partial charge in [0.25, 0.3) is 0 Å². The van der Waals surface area contributed by atoms with Crippen molar-refractivity contribution in [1.29, 1.82) is 0 Å². The van der Waals surface area contributed by atoms with Crippen LogP contribution in [-0.2, 0) is 25.7 Å². The number of carbonyl (C=O) groups is 3. The number of esters is 1. The van der Waals surface area contributed by atoms with Crippen LogP contribution in [0.15, 0.2) is 30.3 Å². The second kappa shape index (κ2) is 8.90. The Labute approximate surface area is 141 Å². The van der Waals surface area contributed by atoms with Gasteiger partial charge in [0.1, 0.15) is 12.2 Å². The van der Waals surface area contributed by atoms with Gasteiger partial charge in [-0.3, -0.25) is 4.79 Å². The normalized spacial score (nSPS) is 12.1. The Hall–Kier alpha value is -2.57. The second-order valence-electron chi connectivity index (χ2n) is 6.20. The molecule has 0 aliphatic carbocycles. The van der Waals surface area contributed by atoms with Crippen molar-refractivity contribution in [1.82, 2.24) is 5.32 Å². The number of ether oxygens (including phenoxy) is 2. The molecule has 0 unspecified atom stereocenters. The summed E-state index contributed by atoms with van der Waals surface area (Å²) in [5, 5.41) is 13.2. The molecule has 1 rings (SSSR count). The Balaban J connectivity index is 2.41. The van der Waals surface area contributed by atoms with Gasteiger partial charge in [0, 0.05) is 6.42 Å². The number of nitrogens with one attached hydrogen (secondary N) is 1. The third kappa shape index (κ3) is 8.17. The molecule has 0 radical (unpaired) electrons. The van der Waals surface area contributed by atoms with E-state index in [-0.39, 0.29) is 19.4 Å². The number of hydrogen-bond acceptors (Lipinski definition) is 6. The highest BCUT2D eigenvalue weighted by Crippen LogP contribution is 2.08. The van der Waals surface area contributed by atoms with Gasteiger partial charge < -0.3 is 24.7 Å². The summed E-state index contributed by atoms with van der Waals surface area (Å²) in [6, 6.07) is 7.77. The molecule has 0 spiro atoms. The summed E-state index contributed by atoms with van der Waals surface area (Å²) >= 11 is 0. The quantitative estimate of drug-likeness (QED) is 0.749. The van der Waals surface area contributed by atoms with Crippen LogP contribution in [-0.4, -0.2) is 29.7 Å². The van der Waals surface area contributed by atoms with E-state index < -0.39 is 29.7 Å². The predicted octanol–water partition coefficient (Wildman–Crippen LogP) is 1.15. The van der Waals surface area contributed by atoms with Gasteiger partial charge in [-0.1, -0.05) is 30.3 Å². The lowest BCUT2D eigenvalue weighted by molar-refractivity contribution is -0.308. The van der Waals surface area contributed by atoms with Crippen LogP contribution >= 0.6 is 0 Å². The van der Waals surface area contributed by atoms with E-state index in [2.05, 4.69) is 5.32 Å². The fraction of sp³-hybridized carbons (Fsp3) is 0.471. The number of alkyl carbamates (subject to hydrolysis) is 1. The van der Waals surface area contributed by atoms with Crippen LogP contribution in [0.2, 0.25) is 0 Å².